The summed E-state index contributed by atoms with van der Waals surface area (Å²) in [6, 6.07) is 12.3. The lowest BCUT2D eigenvalue weighted by Gasteiger charge is -2.26. The first-order chi connectivity index (χ1) is 13.0. The summed E-state index contributed by atoms with van der Waals surface area (Å²) in [5, 5.41) is 2.96. The summed E-state index contributed by atoms with van der Waals surface area (Å²) in [5.41, 5.74) is 5.38. The van der Waals surface area contributed by atoms with Crippen molar-refractivity contribution >= 4 is 23.4 Å². The molecule has 0 spiro atoms. The highest BCUT2D eigenvalue weighted by atomic mass is 32.2. The van der Waals surface area contributed by atoms with Crippen LogP contribution in [0.1, 0.15) is 22.3 Å². The first-order valence-electron chi connectivity index (χ1n) is 9.41. The third kappa shape index (κ3) is 5.75. The van der Waals surface area contributed by atoms with Crippen LogP contribution in [0.25, 0.3) is 0 Å². The second-order valence-corrected chi connectivity index (χ2v) is 8.37. The van der Waals surface area contributed by atoms with Crippen LogP contribution in [0, 0.1) is 20.8 Å². The molecule has 1 aliphatic heterocycles. The number of nitrogens with one attached hydrogen (secondary N) is 1. The lowest BCUT2D eigenvalue weighted by molar-refractivity contribution is -0.118. The van der Waals surface area contributed by atoms with Crippen LogP contribution in [0.3, 0.4) is 0 Å². The molecular weight excluding hydrogens is 356 g/mol. The van der Waals surface area contributed by atoms with Gasteiger partial charge in [-0.1, -0.05) is 24.3 Å². The number of carbonyl (C=O) groups is 1. The fourth-order valence-electron chi connectivity index (χ4n) is 3.17. The van der Waals surface area contributed by atoms with Crippen LogP contribution in [0.2, 0.25) is 0 Å². The summed E-state index contributed by atoms with van der Waals surface area (Å²) in [7, 11) is 0. The quantitative estimate of drug-likeness (QED) is 0.811. The van der Waals surface area contributed by atoms with Gasteiger partial charge in [0.2, 0.25) is 0 Å². The number of nitrogens with zero attached hydrogens (tertiary/aromatic N) is 1. The zero-order chi connectivity index (χ0) is 19.2. The highest BCUT2D eigenvalue weighted by Crippen LogP contribution is 2.21. The standard InChI is InChI=1S/C22H28N2O2S/c1-16-4-5-17(2)21(12-16)26-15-22(25)23-20-7-6-19(13-18(20)3)14-24-8-10-27-11-9-24/h4-7,12-13H,8-11,14-15H2,1-3H3,(H,23,25). The summed E-state index contributed by atoms with van der Waals surface area (Å²) in [4.78, 5) is 14.8. The number of carbonyl (C=O) groups excluding carboxylic acids is 1. The second-order valence-electron chi connectivity index (χ2n) is 7.14. The molecular formula is C22H28N2O2S. The van der Waals surface area contributed by atoms with Crippen LogP contribution in [-0.2, 0) is 11.3 Å². The van der Waals surface area contributed by atoms with E-state index in [-0.39, 0.29) is 12.5 Å². The van der Waals surface area contributed by atoms with E-state index in [1.165, 1.54) is 17.1 Å². The largest absolute Gasteiger partial charge is 0.483 e. The van der Waals surface area contributed by atoms with Crippen LogP contribution in [0.15, 0.2) is 36.4 Å². The number of hydrogen-bond acceptors (Lipinski definition) is 4. The van der Waals surface area contributed by atoms with E-state index in [0.717, 1.165) is 47.8 Å². The highest BCUT2D eigenvalue weighted by Gasteiger charge is 2.12. The molecule has 1 saturated heterocycles. The maximum absolute atomic E-state index is 12.3. The van der Waals surface area contributed by atoms with E-state index >= 15 is 0 Å². The summed E-state index contributed by atoms with van der Waals surface area (Å²) in [6.07, 6.45) is 0. The van der Waals surface area contributed by atoms with E-state index in [1.54, 1.807) is 0 Å². The second kappa shape index (κ2) is 9.29. The summed E-state index contributed by atoms with van der Waals surface area (Å²) < 4.78 is 5.70. The molecule has 0 aliphatic carbocycles. The van der Waals surface area contributed by atoms with Gasteiger partial charge in [-0.05, 0) is 55.2 Å². The van der Waals surface area contributed by atoms with Gasteiger partial charge in [-0.3, -0.25) is 9.69 Å². The van der Waals surface area contributed by atoms with Gasteiger partial charge in [-0.25, -0.2) is 0 Å². The normalized spacial score (nSPS) is 14.8. The molecule has 0 bridgehead atoms. The van der Waals surface area contributed by atoms with Gasteiger partial charge in [0.15, 0.2) is 6.61 Å². The van der Waals surface area contributed by atoms with Crippen LogP contribution >= 0.6 is 11.8 Å². The van der Waals surface area contributed by atoms with E-state index in [9.17, 15) is 4.79 Å². The first kappa shape index (κ1) is 19.8. The Balaban J connectivity index is 1.55. The fourth-order valence-corrected chi connectivity index (χ4v) is 4.15. The van der Waals surface area contributed by atoms with E-state index in [1.807, 2.05) is 56.8 Å². The fraction of sp³-hybridized carbons (Fsp3) is 0.409. The molecule has 0 radical (unpaired) electrons. The Labute approximate surface area is 166 Å². The molecule has 1 fully saturated rings. The molecule has 1 heterocycles. The van der Waals surface area contributed by atoms with Crippen LogP contribution < -0.4 is 10.1 Å². The molecule has 5 heteroatoms. The van der Waals surface area contributed by atoms with Crippen molar-refractivity contribution in [2.24, 2.45) is 0 Å². The Morgan fingerprint density at radius 3 is 2.59 bits per heavy atom. The summed E-state index contributed by atoms with van der Waals surface area (Å²) >= 11 is 2.03. The molecule has 144 valence electrons. The number of aryl methyl sites for hydroxylation is 3. The lowest BCUT2D eigenvalue weighted by Crippen LogP contribution is -2.32. The number of benzene rings is 2. The molecule has 27 heavy (non-hydrogen) atoms. The van der Waals surface area contributed by atoms with E-state index in [0.29, 0.717) is 0 Å². The zero-order valence-electron chi connectivity index (χ0n) is 16.4. The average molecular weight is 385 g/mol. The predicted molar refractivity (Wildman–Crippen MR) is 114 cm³/mol. The monoisotopic (exact) mass is 384 g/mol. The molecule has 1 N–H and O–H groups in total. The number of anilines is 1. The van der Waals surface area contributed by atoms with Crippen molar-refractivity contribution < 1.29 is 9.53 Å². The number of rotatable bonds is 6. The Morgan fingerprint density at radius 1 is 1.07 bits per heavy atom. The molecule has 1 amide bonds. The van der Waals surface area contributed by atoms with Crippen LogP contribution in [-0.4, -0.2) is 42.0 Å². The van der Waals surface area contributed by atoms with E-state index in [2.05, 4.69) is 22.3 Å². The highest BCUT2D eigenvalue weighted by molar-refractivity contribution is 7.99. The smallest absolute Gasteiger partial charge is 0.262 e. The Kier molecular flexibility index (Phi) is 6.80. The van der Waals surface area contributed by atoms with Gasteiger partial charge in [0.05, 0.1) is 0 Å². The molecule has 0 unspecified atom stereocenters. The van der Waals surface area contributed by atoms with E-state index < -0.39 is 0 Å². The van der Waals surface area contributed by atoms with Gasteiger partial charge in [-0.15, -0.1) is 0 Å². The minimum absolute atomic E-state index is 0.0108. The summed E-state index contributed by atoms with van der Waals surface area (Å²) in [5.74, 6) is 3.05. The maximum Gasteiger partial charge on any atom is 0.262 e. The molecule has 4 nitrogen and oxygen atoms in total. The van der Waals surface area contributed by atoms with E-state index in [4.69, 9.17) is 4.74 Å². The van der Waals surface area contributed by atoms with Gasteiger partial charge < -0.3 is 10.1 Å². The Hall–Kier alpha value is -1.98. The third-order valence-corrected chi connectivity index (χ3v) is 5.72. The third-order valence-electron chi connectivity index (χ3n) is 4.78. The van der Waals surface area contributed by atoms with Crippen molar-refractivity contribution in [2.45, 2.75) is 27.3 Å². The number of thioether (sulfide) groups is 1. The minimum atomic E-state index is -0.139. The number of amides is 1. The van der Waals surface area contributed by atoms with Gasteiger partial charge in [-0.2, -0.15) is 11.8 Å². The maximum atomic E-state index is 12.3. The molecule has 2 aromatic carbocycles. The lowest BCUT2D eigenvalue weighted by atomic mass is 10.1. The molecule has 2 aromatic rings. The molecule has 0 atom stereocenters. The first-order valence-corrected chi connectivity index (χ1v) is 10.6. The Morgan fingerprint density at radius 2 is 1.85 bits per heavy atom. The van der Waals surface area contributed by atoms with Crippen molar-refractivity contribution in [2.75, 3.05) is 36.5 Å². The Bertz CT molecular complexity index is 801. The summed E-state index contributed by atoms with van der Waals surface area (Å²) in [6.45, 7) is 9.32. The number of hydrogen-bond donors (Lipinski definition) is 1. The van der Waals surface area contributed by atoms with Gasteiger partial charge >= 0.3 is 0 Å². The van der Waals surface area contributed by atoms with Crippen molar-refractivity contribution in [3.05, 3.63) is 58.7 Å². The average Bonchev–Trinajstić information content (AvgIpc) is 2.65. The van der Waals surface area contributed by atoms with Crippen molar-refractivity contribution in [1.29, 1.82) is 0 Å². The van der Waals surface area contributed by atoms with Crippen molar-refractivity contribution in [1.82, 2.24) is 4.90 Å². The van der Waals surface area contributed by atoms with Gasteiger partial charge in [0.1, 0.15) is 5.75 Å². The molecule has 1 aliphatic rings. The van der Waals surface area contributed by atoms with Gasteiger partial charge in [0, 0.05) is 36.8 Å². The SMILES string of the molecule is Cc1ccc(C)c(OCC(=O)Nc2ccc(CN3CCSCC3)cc2C)c1. The van der Waals surface area contributed by atoms with Crippen molar-refractivity contribution in [3.63, 3.8) is 0 Å². The zero-order valence-corrected chi connectivity index (χ0v) is 17.2. The van der Waals surface area contributed by atoms with Gasteiger partial charge in [0.25, 0.3) is 5.91 Å². The molecule has 0 saturated carbocycles. The van der Waals surface area contributed by atoms with Crippen molar-refractivity contribution in [3.8, 4) is 5.75 Å². The predicted octanol–water partition coefficient (Wildman–Crippen LogP) is 4.18. The van der Waals surface area contributed by atoms with Crippen LogP contribution in [0.4, 0.5) is 5.69 Å². The molecule has 3 rings (SSSR count). The topological polar surface area (TPSA) is 41.6 Å². The number of ether oxygens (including phenoxy) is 1. The molecule has 0 aromatic heterocycles. The minimum Gasteiger partial charge on any atom is -0.483 e. The van der Waals surface area contributed by atoms with Crippen LogP contribution in [0.5, 0.6) is 5.75 Å².